The first-order valence-electron chi connectivity index (χ1n) is 2.82. The topological polar surface area (TPSA) is 17.1 Å². The van der Waals surface area contributed by atoms with Crippen molar-refractivity contribution in [2.45, 2.75) is 20.8 Å². The highest BCUT2D eigenvalue weighted by Crippen LogP contribution is 2.23. The molecular formula is C7H11BrO. The first-order valence-corrected chi connectivity index (χ1v) is 3.95. The van der Waals surface area contributed by atoms with Gasteiger partial charge in [-0.15, -0.1) is 0 Å². The van der Waals surface area contributed by atoms with Crippen LogP contribution in [-0.4, -0.2) is 11.3 Å². The lowest BCUT2D eigenvalue weighted by atomic mass is 9.89. The van der Waals surface area contributed by atoms with Gasteiger partial charge in [0.15, 0.2) is 0 Å². The second-order valence-electron chi connectivity index (χ2n) is 2.96. The van der Waals surface area contributed by atoms with E-state index in [1.54, 1.807) is 0 Å². The highest BCUT2D eigenvalue weighted by Gasteiger charge is 2.16. The Hall–Kier alpha value is -0.0700. The van der Waals surface area contributed by atoms with Gasteiger partial charge in [-0.25, -0.2) is 4.79 Å². The van der Waals surface area contributed by atoms with Crippen LogP contribution in [-0.2, 0) is 4.79 Å². The van der Waals surface area contributed by atoms with Gasteiger partial charge in [0, 0.05) is 10.9 Å². The third-order valence-corrected chi connectivity index (χ3v) is 1.72. The van der Waals surface area contributed by atoms with Crippen molar-refractivity contribution in [2.24, 2.45) is 5.41 Å². The molecule has 0 amide bonds. The molecule has 0 aromatic rings. The van der Waals surface area contributed by atoms with Crippen molar-refractivity contribution >= 4 is 21.9 Å². The van der Waals surface area contributed by atoms with Gasteiger partial charge in [0.25, 0.3) is 0 Å². The monoisotopic (exact) mass is 190 g/mol. The van der Waals surface area contributed by atoms with Gasteiger partial charge in [0.05, 0.1) is 0 Å². The van der Waals surface area contributed by atoms with Crippen molar-refractivity contribution in [3.05, 3.63) is 5.57 Å². The average Bonchev–Trinajstić information content (AvgIpc) is 1.65. The number of alkyl halides is 1. The molecule has 52 valence electrons. The Morgan fingerprint density at radius 2 is 2.00 bits per heavy atom. The lowest BCUT2D eigenvalue weighted by Gasteiger charge is -2.16. The van der Waals surface area contributed by atoms with E-state index < -0.39 is 0 Å². The van der Waals surface area contributed by atoms with Crippen LogP contribution in [0.15, 0.2) is 5.57 Å². The molecule has 1 nitrogen and oxygen atoms in total. The molecule has 0 heterocycles. The summed E-state index contributed by atoms with van der Waals surface area (Å²) >= 11 is 3.21. The summed E-state index contributed by atoms with van der Waals surface area (Å²) in [7, 11) is 0. The Balaban J connectivity index is 4.33. The summed E-state index contributed by atoms with van der Waals surface area (Å²) in [6, 6.07) is 0. The van der Waals surface area contributed by atoms with Crippen LogP contribution in [0.25, 0.3) is 0 Å². The van der Waals surface area contributed by atoms with Gasteiger partial charge in [-0.2, -0.15) is 0 Å². The minimum absolute atomic E-state index is 0.0365. The first kappa shape index (κ1) is 8.93. The van der Waals surface area contributed by atoms with Crippen molar-refractivity contribution < 1.29 is 4.79 Å². The largest absolute Gasteiger partial charge is 0.234 e. The molecule has 0 aliphatic rings. The molecular weight excluding hydrogens is 180 g/mol. The summed E-state index contributed by atoms with van der Waals surface area (Å²) < 4.78 is 0. The zero-order valence-corrected chi connectivity index (χ0v) is 7.58. The van der Waals surface area contributed by atoms with E-state index in [1.165, 1.54) is 0 Å². The predicted octanol–water partition coefficient (Wildman–Crippen LogP) is 2.19. The standard InChI is InChI=1S/C7H11BrO/c1-7(2,3)6(4-8)5-9/h4H2,1-3H3. The lowest BCUT2D eigenvalue weighted by molar-refractivity contribution is 0.499. The molecule has 0 saturated carbocycles. The molecule has 0 N–H and O–H groups in total. The van der Waals surface area contributed by atoms with E-state index in [1.807, 2.05) is 26.7 Å². The summed E-state index contributed by atoms with van der Waals surface area (Å²) in [6.07, 6.45) is 0. The first-order chi connectivity index (χ1) is 4.02. The van der Waals surface area contributed by atoms with Gasteiger partial charge in [0.2, 0.25) is 0 Å². The maximum atomic E-state index is 10.2. The van der Waals surface area contributed by atoms with Crippen LogP contribution in [0.1, 0.15) is 20.8 Å². The molecule has 0 saturated heterocycles. The van der Waals surface area contributed by atoms with Crippen molar-refractivity contribution in [3.8, 4) is 0 Å². The fourth-order valence-electron chi connectivity index (χ4n) is 0.381. The van der Waals surface area contributed by atoms with E-state index in [2.05, 4.69) is 15.9 Å². The van der Waals surface area contributed by atoms with E-state index in [0.717, 1.165) is 5.57 Å². The van der Waals surface area contributed by atoms with Gasteiger partial charge < -0.3 is 0 Å². The van der Waals surface area contributed by atoms with E-state index >= 15 is 0 Å². The molecule has 0 unspecified atom stereocenters. The van der Waals surface area contributed by atoms with E-state index in [-0.39, 0.29) is 5.41 Å². The van der Waals surface area contributed by atoms with Gasteiger partial charge in [0.1, 0.15) is 5.94 Å². The van der Waals surface area contributed by atoms with Crippen molar-refractivity contribution in [2.75, 3.05) is 5.33 Å². The molecule has 0 spiro atoms. The Bertz CT molecular complexity index is 137. The van der Waals surface area contributed by atoms with Gasteiger partial charge in [-0.05, 0) is 5.41 Å². The second kappa shape index (κ2) is 3.19. The molecule has 0 aromatic carbocycles. The quantitative estimate of drug-likeness (QED) is 0.458. The lowest BCUT2D eigenvalue weighted by Crippen LogP contribution is -2.10. The third kappa shape index (κ3) is 2.83. The van der Waals surface area contributed by atoms with Crippen molar-refractivity contribution in [3.63, 3.8) is 0 Å². The zero-order valence-electron chi connectivity index (χ0n) is 5.99. The number of rotatable bonds is 1. The van der Waals surface area contributed by atoms with Crippen LogP contribution < -0.4 is 0 Å². The summed E-state index contributed by atoms with van der Waals surface area (Å²) in [5.74, 6) is 1.91. The minimum atomic E-state index is -0.0365. The van der Waals surface area contributed by atoms with Crippen LogP contribution >= 0.6 is 15.9 Å². The van der Waals surface area contributed by atoms with Crippen LogP contribution in [0.5, 0.6) is 0 Å². The zero-order chi connectivity index (χ0) is 7.49. The fourth-order valence-corrected chi connectivity index (χ4v) is 1.34. The van der Waals surface area contributed by atoms with E-state index in [9.17, 15) is 4.79 Å². The second-order valence-corrected chi connectivity index (χ2v) is 3.52. The molecule has 0 aliphatic heterocycles. The molecule has 9 heavy (non-hydrogen) atoms. The minimum Gasteiger partial charge on any atom is -0.234 e. The highest BCUT2D eigenvalue weighted by atomic mass is 79.9. The highest BCUT2D eigenvalue weighted by molar-refractivity contribution is 9.09. The summed E-state index contributed by atoms with van der Waals surface area (Å²) in [4.78, 5) is 10.2. The molecule has 0 rings (SSSR count). The van der Waals surface area contributed by atoms with Crippen LogP contribution in [0.3, 0.4) is 0 Å². The Morgan fingerprint density at radius 3 is 2.00 bits per heavy atom. The van der Waals surface area contributed by atoms with Gasteiger partial charge in [-0.1, -0.05) is 36.7 Å². The maximum Gasteiger partial charge on any atom is 0.124 e. The molecule has 0 fully saturated rings. The normalized spacial score (nSPS) is 10.7. The average molecular weight is 191 g/mol. The molecule has 0 bridgehead atoms. The summed E-state index contributed by atoms with van der Waals surface area (Å²) in [5.41, 5.74) is 0.744. The van der Waals surface area contributed by atoms with Crippen LogP contribution in [0.4, 0.5) is 0 Å². The van der Waals surface area contributed by atoms with Gasteiger partial charge in [-0.3, -0.25) is 0 Å². The predicted molar refractivity (Wildman–Crippen MR) is 42.5 cm³/mol. The molecule has 0 radical (unpaired) electrons. The number of hydrogen-bond donors (Lipinski definition) is 0. The number of allylic oxidation sites excluding steroid dienone is 1. The Labute approximate surface area is 64.3 Å². The SMILES string of the molecule is CC(C)(C)C(=C=O)CBr. The van der Waals surface area contributed by atoms with Crippen molar-refractivity contribution in [1.29, 1.82) is 0 Å². The number of hydrogen-bond acceptors (Lipinski definition) is 1. The number of halogens is 1. The maximum absolute atomic E-state index is 10.2. The molecule has 0 aromatic heterocycles. The Kier molecular flexibility index (Phi) is 3.16. The number of carbonyl (C=O) groups excluding carboxylic acids is 1. The van der Waals surface area contributed by atoms with Crippen LogP contribution in [0, 0.1) is 5.41 Å². The third-order valence-electron chi connectivity index (χ3n) is 1.16. The van der Waals surface area contributed by atoms with Crippen molar-refractivity contribution in [1.82, 2.24) is 0 Å². The molecule has 0 aliphatic carbocycles. The Morgan fingerprint density at radius 1 is 1.56 bits per heavy atom. The fraction of sp³-hybridized carbons (Fsp3) is 0.714. The van der Waals surface area contributed by atoms with Gasteiger partial charge >= 0.3 is 0 Å². The summed E-state index contributed by atoms with van der Waals surface area (Å²) in [6.45, 7) is 5.98. The van der Waals surface area contributed by atoms with Crippen LogP contribution in [0.2, 0.25) is 0 Å². The van der Waals surface area contributed by atoms with E-state index in [4.69, 9.17) is 0 Å². The molecule has 0 atom stereocenters. The summed E-state index contributed by atoms with van der Waals surface area (Å²) in [5, 5.41) is 0.625. The van der Waals surface area contributed by atoms with E-state index in [0.29, 0.717) is 5.33 Å². The smallest absolute Gasteiger partial charge is 0.124 e. The molecule has 2 heteroatoms.